The first kappa shape index (κ1) is 16.8. The van der Waals surface area contributed by atoms with E-state index in [0.29, 0.717) is 17.6 Å². The molecular formula is C21H27NO2. The van der Waals surface area contributed by atoms with E-state index in [2.05, 4.69) is 29.6 Å². The van der Waals surface area contributed by atoms with E-state index in [1.165, 1.54) is 29.5 Å². The maximum absolute atomic E-state index is 9.82. The van der Waals surface area contributed by atoms with E-state index in [4.69, 9.17) is 4.74 Å². The van der Waals surface area contributed by atoms with Gasteiger partial charge >= 0.3 is 0 Å². The number of rotatable bonds is 6. The number of fused-ring (bicyclic) bond motifs is 1. The highest BCUT2D eigenvalue weighted by molar-refractivity contribution is 5.40. The van der Waals surface area contributed by atoms with Crippen molar-refractivity contribution in [2.24, 2.45) is 0 Å². The summed E-state index contributed by atoms with van der Waals surface area (Å²) in [5.41, 5.74) is 4.12. The molecule has 0 saturated carbocycles. The van der Waals surface area contributed by atoms with Crippen molar-refractivity contribution < 1.29 is 9.84 Å². The summed E-state index contributed by atoms with van der Waals surface area (Å²) in [5.74, 6) is 2.28. The topological polar surface area (TPSA) is 41.5 Å². The standard InChI is InChI=1S/C21H27NO2/c1-22-14-18(15-5-4-8-19(23)12-15)11-16-6-3-7-17-13-20(24-2)9-10-21(16)17/h4-5,8-10,12-13,16,18,22-23H,3,6-7,11,14H2,1-2H3. The van der Waals surface area contributed by atoms with Gasteiger partial charge in [0.2, 0.25) is 0 Å². The summed E-state index contributed by atoms with van der Waals surface area (Å²) in [5, 5.41) is 13.1. The molecule has 3 rings (SSSR count). The van der Waals surface area contributed by atoms with Crippen LogP contribution in [-0.4, -0.2) is 25.8 Å². The van der Waals surface area contributed by atoms with Crippen LogP contribution < -0.4 is 10.1 Å². The number of aryl methyl sites for hydroxylation is 1. The first-order chi connectivity index (χ1) is 11.7. The van der Waals surface area contributed by atoms with Gasteiger partial charge in [-0.15, -0.1) is 0 Å². The van der Waals surface area contributed by atoms with Crippen LogP contribution in [-0.2, 0) is 6.42 Å². The Morgan fingerprint density at radius 3 is 2.88 bits per heavy atom. The molecule has 2 aromatic carbocycles. The van der Waals surface area contributed by atoms with Crippen LogP contribution in [0, 0.1) is 0 Å². The van der Waals surface area contributed by atoms with Crippen molar-refractivity contribution >= 4 is 0 Å². The van der Waals surface area contributed by atoms with Crippen LogP contribution in [0.25, 0.3) is 0 Å². The minimum atomic E-state index is 0.349. The van der Waals surface area contributed by atoms with Gasteiger partial charge in [-0.05, 0) is 85.5 Å². The SMILES string of the molecule is CNCC(CC1CCCc2cc(OC)ccc21)c1cccc(O)c1. The minimum Gasteiger partial charge on any atom is -0.508 e. The van der Waals surface area contributed by atoms with Crippen LogP contribution in [0.3, 0.4) is 0 Å². The maximum Gasteiger partial charge on any atom is 0.119 e. The zero-order chi connectivity index (χ0) is 16.9. The zero-order valence-corrected chi connectivity index (χ0v) is 14.6. The van der Waals surface area contributed by atoms with Crippen LogP contribution in [0.2, 0.25) is 0 Å². The molecule has 1 aliphatic rings. The molecule has 0 radical (unpaired) electrons. The average molecular weight is 325 g/mol. The number of likely N-dealkylation sites (N-methyl/N-ethyl adjacent to an activating group) is 1. The molecule has 0 aliphatic heterocycles. The molecule has 0 heterocycles. The van der Waals surface area contributed by atoms with E-state index in [1.54, 1.807) is 13.2 Å². The summed E-state index contributed by atoms with van der Waals surface area (Å²) >= 11 is 0. The third kappa shape index (κ3) is 3.73. The third-order valence-electron chi connectivity index (χ3n) is 5.15. The molecule has 3 nitrogen and oxygen atoms in total. The lowest BCUT2D eigenvalue weighted by Crippen LogP contribution is -2.21. The predicted molar refractivity (Wildman–Crippen MR) is 98.1 cm³/mol. The molecule has 0 fully saturated rings. The van der Waals surface area contributed by atoms with Crippen LogP contribution >= 0.6 is 0 Å². The van der Waals surface area contributed by atoms with Gasteiger partial charge in [0.15, 0.2) is 0 Å². The van der Waals surface area contributed by atoms with Crippen molar-refractivity contribution in [2.75, 3.05) is 20.7 Å². The maximum atomic E-state index is 9.82. The largest absolute Gasteiger partial charge is 0.508 e. The molecule has 0 amide bonds. The van der Waals surface area contributed by atoms with E-state index < -0.39 is 0 Å². The molecule has 2 aromatic rings. The lowest BCUT2D eigenvalue weighted by Gasteiger charge is -2.29. The second-order valence-electron chi connectivity index (χ2n) is 6.74. The summed E-state index contributed by atoms with van der Waals surface area (Å²) in [6.07, 6.45) is 4.71. The normalized spacial score (nSPS) is 18.0. The Balaban J connectivity index is 1.84. The Labute approximate surface area is 144 Å². The Morgan fingerprint density at radius 2 is 2.12 bits per heavy atom. The van der Waals surface area contributed by atoms with Gasteiger partial charge in [-0.1, -0.05) is 18.2 Å². The summed E-state index contributed by atoms with van der Waals surface area (Å²) < 4.78 is 5.38. The smallest absolute Gasteiger partial charge is 0.119 e. The van der Waals surface area contributed by atoms with Crippen molar-refractivity contribution in [2.45, 2.75) is 37.5 Å². The van der Waals surface area contributed by atoms with Crippen LogP contribution in [0.4, 0.5) is 0 Å². The van der Waals surface area contributed by atoms with Gasteiger partial charge in [0, 0.05) is 6.54 Å². The monoisotopic (exact) mass is 325 g/mol. The van der Waals surface area contributed by atoms with E-state index in [1.807, 2.05) is 19.2 Å². The van der Waals surface area contributed by atoms with Crippen molar-refractivity contribution in [3.05, 3.63) is 59.2 Å². The van der Waals surface area contributed by atoms with Crippen molar-refractivity contribution in [3.63, 3.8) is 0 Å². The average Bonchev–Trinajstić information content (AvgIpc) is 2.61. The van der Waals surface area contributed by atoms with Gasteiger partial charge in [-0.25, -0.2) is 0 Å². The molecule has 0 spiro atoms. The summed E-state index contributed by atoms with van der Waals surface area (Å²) in [6.45, 7) is 0.922. The van der Waals surface area contributed by atoms with E-state index in [9.17, 15) is 5.11 Å². The highest BCUT2D eigenvalue weighted by Crippen LogP contribution is 2.40. The molecule has 0 bridgehead atoms. The van der Waals surface area contributed by atoms with Crippen molar-refractivity contribution in [1.29, 1.82) is 0 Å². The Morgan fingerprint density at radius 1 is 1.25 bits per heavy atom. The van der Waals surface area contributed by atoms with E-state index >= 15 is 0 Å². The van der Waals surface area contributed by atoms with Gasteiger partial charge in [0.05, 0.1) is 7.11 Å². The quantitative estimate of drug-likeness (QED) is 0.836. The molecule has 2 unspecified atom stereocenters. The highest BCUT2D eigenvalue weighted by Gasteiger charge is 2.24. The lowest BCUT2D eigenvalue weighted by molar-refractivity contribution is 0.411. The molecule has 0 saturated heterocycles. The molecular weight excluding hydrogens is 298 g/mol. The van der Waals surface area contributed by atoms with Crippen LogP contribution in [0.5, 0.6) is 11.5 Å². The number of methoxy groups -OCH3 is 1. The molecule has 2 atom stereocenters. The number of phenols is 1. The molecule has 1 aliphatic carbocycles. The van der Waals surface area contributed by atoms with E-state index in [0.717, 1.165) is 25.1 Å². The minimum absolute atomic E-state index is 0.349. The number of ether oxygens (including phenoxy) is 1. The first-order valence-electron chi connectivity index (χ1n) is 8.81. The molecule has 3 heteroatoms. The van der Waals surface area contributed by atoms with Gasteiger partial charge in [0.1, 0.15) is 11.5 Å². The molecule has 0 aromatic heterocycles. The molecule has 128 valence electrons. The number of hydrogen-bond acceptors (Lipinski definition) is 3. The van der Waals surface area contributed by atoms with Gasteiger partial charge < -0.3 is 15.2 Å². The van der Waals surface area contributed by atoms with Crippen LogP contribution in [0.15, 0.2) is 42.5 Å². The van der Waals surface area contributed by atoms with E-state index in [-0.39, 0.29) is 0 Å². The predicted octanol–water partition coefficient (Wildman–Crippen LogP) is 4.21. The number of phenolic OH excluding ortho intramolecular Hbond substituents is 1. The number of nitrogens with one attached hydrogen (secondary N) is 1. The summed E-state index contributed by atoms with van der Waals surface area (Å²) in [6, 6.07) is 14.2. The Bertz CT molecular complexity index is 683. The fourth-order valence-electron chi connectivity index (χ4n) is 3.97. The van der Waals surface area contributed by atoms with Crippen LogP contribution in [0.1, 0.15) is 47.8 Å². The number of aromatic hydroxyl groups is 1. The second kappa shape index (κ2) is 7.71. The zero-order valence-electron chi connectivity index (χ0n) is 14.6. The second-order valence-corrected chi connectivity index (χ2v) is 6.74. The highest BCUT2D eigenvalue weighted by atomic mass is 16.5. The number of benzene rings is 2. The fraction of sp³-hybridized carbons (Fsp3) is 0.429. The first-order valence-corrected chi connectivity index (χ1v) is 8.81. The van der Waals surface area contributed by atoms with Gasteiger partial charge in [-0.3, -0.25) is 0 Å². The Kier molecular flexibility index (Phi) is 5.41. The van der Waals surface area contributed by atoms with Gasteiger partial charge in [0.25, 0.3) is 0 Å². The molecule has 24 heavy (non-hydrogen) atoms. The van der Waals surface area contributed by atoms with Gasteiger partial charge in [-0.2, -0.15) is 0 Å². The fourth-order valence-corrected chi connectivity index (χ4v) is 3.97. The summed E-state index contributed by atoms with van der Waals surface area (Å²) in [4.78, 5) is 0. The molecule has 2 N–H and O–H groups in total. The van der Waals surface area contributed by atoms with Crippen molar-refractivity contribution in [1.82, 2.24) is 5.32 Å². The summed E-state index contributed by atoms with van der Waals surface area (Å²) in [7, 11) is 3.72. The lowest BCUT2D eigenvalue weighted by atomic mass is 9.76. The Hall–Kier alpha value is -2.00. The van der Waals surface area contributed by atoms with Crippen molar-refractivity contribution in [3.8, 4) is 11.5 Å². The third-order valence-corrected chi connectivity index (χ3v) is 5.15. The number of hydrogen-bond donors (Lipinski definition) is 2.